The number of hydrogen-bond acceptors (Lipinski definition) is 1. The highest BCUT2D eigenvalue weighted by Crippen LogP contribution is 2.39. The van der Waals surface area contributed by atoms with Gasteiger partial charge in [-0.15, -0.1) is 0 Å². The molecule has 108 valence electrons. The van der Waals surface area contributed by atoms with Crippen LogP contribution in [0.5, 0.6) is 0 Å². The lowest BCUT2D eigenvalue weighted by molar-refractivity contribution is 0.0969. The van der Waals surface area contributed by atoms with Gasteiger partial charge in [-0.3, -0.25) is 4.79 Å². The zero-order valence-corrected chi connectivity index (χ0v) is 13.3. The van der Waals surface area contributed by atoms with E-state index in [1.165, 1.54) is 33.4 Å². The molecule has 3 rings (SSSR count). The summed E-state index contributed by atoms with van der Waals surface area (Å²) < 4.78 is 0. The molecule has 2 aromatic rings. The molecule has 1 aliphatic carbocycles. The van der Waals surface area contributed by atoms with Crippen LogP contribution in [0.4, 0.5) is 0 Å². The molecule has 0 radical (unpaired) electrons. The molecule has 0 N–H and O–H groups in total. The Morgan fingerprint density at radius 3 is 2.14 bits per heavy atom. The monoisotopic (exact) mass is 278 g/mol. The second kappa shape index (κ2) is 5.14. The van der Waals surface area contributed by atoms with Gasteiger partial charge in [-0.2, -0.15) is 0 Å². The summed E-state index contributed by atoms with van der Waals surface area (Å²) in [7, 11) is 0. The molecule has 1 atom stereocenters. The van der Waals surface area contributed by atoms with Crippen LogP contribution in [0.25, 0.3) is 0 Å². The maximum atomic E-state index is 12.3. The van der Waals surface area contributed by atoms with Crippen molar-refractivity contribution in [2.45, 2.75) is 46.5 Å². The van der Waals surface area contributed by atoms with Crippen LogP contribution in [0.3, 0.4) is 0 Å². The van der Waals surface area contributed by atoms with E-state index in [0.29, 0.717) is 18.1 Å². The Bertz CT molecular complexity index is 705. The minimum Gasteiger partial charge on any atom is -0.294 e. The van der Waals surface area contributed by atoms with Crippen LogP contribution in [-0.2, 0) is 0 Å². The third-order valence-corrected chi connectivity index (χ3v) is 4.49. The van der Waals surface area contributed by atoms with Gasteiger partial charge in [0.15, 0.2) is 5.78 Å². The van der Waals surface area contributed by atoms with Gasteiger partial charge in [-0.05, 0) is 56.9 Å². The summed E-state index contributed by atoms with van der Waals surface area (Å²) in [6.45, 7) is 8.50. The molecule has 1 nitrogen and oxygen atoms in total. The molecule has 0 fully saturated rings. The highest BCUT2D eigenvalue weighted by atomic mass is 16.1. The van der Waals surface area contributed by atoms with Crippen LogP contribution in [0.15, 0.2) is 30.3 Å². The minimum absolute atomic E-state index is 0.303. The highest BCUT2D eigenvalue weighted by molar-refractivity contribution is 5.99. The molecule has 0 aromatic heterocycles. The molecule has 0 saturated carbocycles. The van der Waals surface area contributed by atoms with Gasteiger partial charge >= 0.3 is 0 Å². The van der Waals surface area contributed by atoms with E-state index in [2.05, 4.69) is 58.0 Å². The first kappa shape index (κ1) is 14.1. The number of Topliss-reactive ketones (excluding diaryl/α,β-unsaturated/α-hetero) is 1. The molecule has 1 aliphatic rings. The fourth-order valence-electron chi connectivity index (χ4n) is 3.77. The smallest absolute Gasteiger partial charge is 0.163 e. The van der Waals surface area contributed by atoms with Crippen molar-refractivity contribution < 1.29 is 4.79 Å². The molecular formula is C20H22O. The van der Waals surface area contributed by atoms with Crippen molar-refractivity contribution in [2.75, 3.05) is 0 Å². The molecule has 21 heavy (non-hydrogen) atoms. The van der Waals surface area contributed by atoms with Crippen molar-refractivity contribution in [1.29, 1.82) is 0 Å². The third kappa shape index (κ3) is 2.53. The third-order valence-electron chi connectivity index (χ3n) is 4.49. The van der Waals surface area contributed by atoms with Gasteiger partial charge in [0.2, 0.25) is 0 Å². The average molecular weight is 278 g/mol. The highest BCUT2D eigenvalue weighted by Gasteiger charge is 2.28. The fraction of sp³-hybridized carbons (Fsp3) is 0.350. The summed E-state index contributed by atoms with van der Waals surface area (Å²) in [4.78, 5) is 12.3. The minimum atomic E-state index is 0.303. The second-order valence-electron chi connectivity index (χ2n) is 6.48. The largest absolute Gasteiger partial charge is 0.294 e. The van der Waals surface area contributed by atoms with E-state index in [1.54, 1.807) is 0 Å². The second-order valence-corrected chi connectivity index (χ2v) is 6.48. The number of fused-ring (bicyclic) bond motifs is 1. The lowest BCUT2D eigenvalue weighted by Crippen LogP contribution is -2.18. The Kier molecular flexibility index (Phi) is 3.44. The molecule has 1 heteroatoms. The van der Waals surface area contributed by atoms with E-state index in [9.17, 15) is 4.79 Å². The molecule has 0 spiro atoms. The van der Waals surface area contributed by atoms with Crippen LogP contribution in [0.2, 0.25) is 0 Å². The van der Waals surface area contributed by atoms with E-state index in [4.69, 9.17) is 0 Å². The molecule has 0 saturated heterocycles. The summed E-state index contributed by atoms with van der Waals surface area (Å²) in [6.07, 6.45) is 1.59. The molecular weight excluding hydrogens is 256 g/mol. The van der Waals surface area contributed by atoms with Crippen LogP contribution in [0.1, 0.15) is 62.5 Å². The van der Waals surface area contributed by atoms with Gasteiger partial charge in [-0.1, -0.05) is 41.0 Å². The molecule has 2 aromatic carbocycles. The van der Waals surface area contributed by atoms with Crippen molar-refractivity contribution in [3.8, 4) is 0 Å². The number of rotatable bonds is 1. The van der Waals surface area contributed by atoms with Crippen molar-refractivity contribution >= 4 is 5.78 Å². The van der Waals surface area contributed by atoms with E-state index < -0.39 is 0 Å². The standard InChI is InChI=1S/C20H22O/c1-12-7-13(2)10-16(9-12)17-5-6-19(21)18-11-14(3)8-15(4)20(17)18/h7-11,17H,5-6H2,1-4H3/t17-/m1/s1. The Hall–Kier alpha value is -1.89. The van der Waals surface area contributed by atoms with Gasteiger partial charge in [0.25, 0.3) is 0 Å². The molecule has 0 unspecified atom stereocenters. The van der Waals surface area contributed by atoms with Gasteiger partial charge in [0, 0.05) is 17.9 Å². The van der Waals surface area contributed by atoms with Gasteiger partial charge in [0.05, 0.1) is 0 Å². The van der Waals surface area contributed by atoms with E-state index in [-0.39, 0.29) is 0 Å². The van der Waals surface area contributed by atoms with Crippen LogP contribution >= 0.6 is 0 Å². The van der Waals surface area contributed by atoms with E-state index in [1.807, 2.05) is 0 Å². The lowest BCUT2D eigenvalue weighted by atomic mass is 9.75. The summed E-state index contributed by atoms with van der Waals surface area (Å²) >= 11 is 0. The fourth-order valence-corrected chi connectivity index (χ4v) is 3.77. The zero-order chi connectivity index (χ0) is 15.1. The first-order chi connectivity index (χ1) is 9.95. The molecule has 0 heterocycles. The van der Waals surface area contributed by atoms with E-state index >= 15 is 0 Å². The Labute approximate surface area is 127 Å². The van der Waals surface area contributed by atoms with Crippen LogP contribution in [0, 0.1) is 27.7 Å². The molecule has 0 amide bonds. The van der Waals surface area contributed by atoms with Crippen molar-refractivity contribution in [2.24, 2.45) is 0 Å². The summed E-state index contributed by atoms with van der Waals surface area (Å²) in [6, 6.07) is 11.0. The van der Waals surface area contributed by atoms with Crippen LogP contribution in [-0.4, -0.2) is 5.78 Å². The lowest BCUT2D eigenvalue weighted by Gasteiger charge is -2.28. The van der Waals surface area contributed by atoms with Gasteiger partial charge in [-0.25, -0.2) is 0 Å². The molecule has 0 bridgehead atoms. The zero-order valence-electron chi connectivity index (χ0n) is 13.3. The summed E-state index contributed by atoms with van der Waals surface area (Å²) in [5, 5.41) is 0. The van der Waals surface area contributed by atoms with Gasteiger partial charge < -0.3 is 0 Å². The van der Waals surface area contributed by atoms with Crippen molar-refractivity contribution in [1.82, 2.24) is 0 Å². The number of carbonyl (C=O) groups excluding carboxylic acids is 1. The maximum Gasteiger partial charge on any atom is 0.163 e. The SMILES string of the molecule is Cc1cc(C)cc([C@H]2CCC(=O)c3cc(C)cc(C)c32)c1. The molecule has 0 aliphatic heterocycles. The number of hydrogen-bond donors (Lipinski definition) is 0. The Morgan fingerprint density at radius 1 is 0.857 bits per heavy atom. The Balaban J connectivity index is 2.19. The van der Waals surface area contributed by atoms with Crippen molar-refractivity contribution in [3.63, 3.8) is 0 Å². The number of aryl methyl sites for hydroxylation is 4. The summed E-state index contributed by atoms with van der Waals surface area (Å²) in [5.74, 6) is 0.661. The van der Waals surface area contributed by atoms with Crippen LogP contribution < -0.4 is 0 Å². The van der Waals surface area contributed by atoms with E-state index in [0.717, 1.165) is 12.0 Å². The maximum absolute atomic E-state index is 12.3. The average Bonchev–Trinajstić information content (AvgIpc) is 2.38. The first-order valence-electron chi connectivity index (χ1n) is 7.68. The number of carbonyl (C=O) groups is 1. The topological polar surface area (TPSA) is 17.1 Å². The number of benzene rings is 2. The normalized spacial score (nSPS) is 17.7. The van der Waals surface area contributed by atoms with Crippen molar-refractivity contribution in [3.05, 3.63) is 69.3 Å². The van der Waals surface area contributed by atoms with Gasteiger partial charge in [0.1, 0.15) is 0 Å². The first-order valence-corrected chi connectivity index (χ1v) is 7.68. The Morgan fingerprint density at radius 2 is 1.48 bits per heavy atom. The predicted octanol–water partition coefficient (Wildman–Crippen LogP) is 5.03. The summed E-state index contributed by atoms with van der Waals surface area (Å²) in [5.41, 5.74) is 8.59. The number of ketones is 1. The predicted molar refractivity (Wildman–Crippen MR) is 87.2 cm³/mol. The quantitative estimate of drug-likeness (QED) is 0.715.